The first-order valence-corrected chi connectivity index (χ1v) is 7.30. The van der Waals surface area contributed by atoms with Crippen molar-refractivity contribution in [3.63, 3.8) is 0 Å². The van der Waals surface area contributed by atoms with Crippen LogP contribution >= 0.6 is 11.8 Å². The monoisotopic (exact) mass is 250 g/mol. The third-order valence-electron chi connectivity index (χ3n) is 3.21. The molecule has 0 heterocycles. The molecule has 3 heteroatoms. The number of hydrogen-bond acceptors (Lipinski definition) is 3. The number of benzene rings is 1. The van der Waals surface area contributed by atoms with E-state index in [4.69, 9.17) is 4.74 Å². The molecule has 0 amide bonds. The highest BCUT2D eigenvalue weighted by Crippen LogP contribution is 2.27. The summed E-state index contributed by atoms with van der Waals surface area (Å²) in [7, 11) is 0. The van der Waals surface area contributed by atoms with Crippen LogP contribution in [0.2, 0.25) is 0 Å². The molecule has 2 rings (SSSR count). The van der Waals surface area contributed by atoms with E-state index in [-0.39, 0.29) is 6.10 Å². The fourth-order valence-electron chi connectivity index (χ4n) is 2.21. The van der Waals surface area contributed by atoms with Crippen LogP contribution in [0.3, 0.4) is 0 Å². The van der Waals surface area contributed by atoms with E-state index in [1.807, 2.05) is 30.5 Å². The summed E-state index contributed by atoms with van der Waals surface area (Å²) in [5.41, 5.74) is 0.963. The normalized spacial score (nSPS) is 18.2. The molecule has 1 aliphatic rings. The van der Waals surface area contributed by atoms with Crippen LogP contribution in [0.25, 0.3) is 0 Å². The molecule has 17 heavy (non-hydrogen) atoms. The Morgan fingerprint density at radius 1 is 1.29 bits per heavy atom. The van der Waals surface area contributed by atoms with Crippen LogP contribution in [0.1, 0.15) is 37.4 Å². The van der Waals surface area contributed by atoms with Crippen LogP contribution in [0.4, 0.5) is 0 Å². The lowest BCUT2D eigenvalue weighted by molar-refractivity contribution is -0.122. The van der Waals surface area contributed by atoms with Crippen LogP contribution in [0, 0.1) is 0 Å². The van der Waals surface area contributed by atoms with Crippen molar-refractivity contribution in [3.8, 4) is 0 Å². The molecular weight excluding hydrogens is 232 g/mol. The van der Waals surface area contributed by atoms with Crippen molar-refractivity contribution in [1.82, 2.24) is 0 Å². The molecule has 1 aromatic rings. The van der Waals surface area contributed by atoms with Crippen LogP contribution in [-0.4, -0.2) is 18.6 Å². The lowest BCUT2D eigenvalue weighted by Gasteiger charge is -2.17. The number of carbonyl (C=O) groups excluding carboxylic acids is 1. The summed E-state index contributed by atoms with van der Waals surface area (Å²) in [5, 5.41) is 0. The lowest BCUT2D eigenvalue weighted by Crippen LogP contribution is -2.14. The first-order valence-electron chi connectivity index (χ1n) is 6.08. The first kappa shape index (κ1) is 12.7. The molecule has 1 unspecified atom stereocenters. The number of aldehydes is 1. The van der Waals surface area contributed by atoms with E-state index in [0.29, 0.717) is 0 Å². The van der Waals surface area contributed by atoms with Gasteiger partial charge >= 0.3 is 0 Å². The maximum absolute atomic E-state index is 11.1. The van der Waals surface area contributed by atoms with Crippen molar-refractivity contribution < 1.29 is 9.53 Å². The smallest absolute Gasteiger partial charge is 0.153 e. The van der Waals surface area contributed by atoms with E-state index >= 15 is 0 Å². The molecule has 0 aromatic heterocycles. The van der Waals surface area contributed by atoms with Gasteiger partial charge in [0.1, 0.15) is 6.10 Å². The Bertz CT molecular complexity index is 355. The standard InChI is InChI=1S/C14H18O2S/c1-17-13-8-6-11(7-9-13)14(10-15)16-12-4-2-3-5-12/h6-10,12,14H,2-5H2,1H3. The van der Waals surface area contributed by atoms with Crippen molar-refractivity contribution in [1.29, 1.82) is 0 Å². The van der Waals surface area contributed by atoms with Gasteiger partial charge in [-0.25, -0.2) is 0 Å². The number of rotatable bonds is 5. The topological polar surface area (TPSA) is 26.3 Å². The zero-order chi connectivity index (χ0) is 12.1. The number of thioether (sulfide) groups is 1. The lowest BCUT2D eigenvalue weighted by atomic mass is 10.1. The van der Waals surface area contributed by atoms with Gasteiger partial charge in [0, 0.05) is 4.90 Å². The molecule has 0 radical (unpaired) electrons. The van der Waals surface area contributed by atoms with Gasteiger partial charge in [-0.05, 0) is 36.8 Å². The van der Waals surface area contributed by atoms with Gasteiger partial charge in [-0.2, -0.15) is 0 Å². The molecule has 1 saturated carbocycles. The minimum atomic E-state index is -0.394. The van der Waals surface area contributed by atoms with Gasteiger partial charge < -0.3 is 9.53 Å². The molecule has 0 saturated heterocycles. The highest BCUT2D eigenvalue weighted by atomic mass is 32.2. The summed E-state index contributed by atoms with van der Waals surface area (Å²) >= 11 is 1.70. The highest BCUT2D eigenvalue weighted by Gasteiger charge is 2.21. The predicted molar refractivity (Wildman–Crippen MR) is 70.4 cm³/mol. The zero-order valence-electron chi connectivity index (χ0n) is 10.1. The summed E-state index contributed by atoms with van der Waals surface area (Å²) in [6.45, 7) is 0. The minimum Gasteiger partial charge on any atom is -0.363 e. The summed E-state index contributed by atoms with van der Waals surface area (Å²) in [4.78, 5) is 12.3. The fraction of sp³-hybridized carbons (Fsp3) is 0.500. The van der Waals surface area contributed by atoms with Crippen molar-refractivity contribution in [3.05, 3.63) is 29.8 Å². The van der Waals surface area contributed by atoms with E-state index in [2.05, 4.69) is 0 Å². The number of hydrogen-bond donors (Lipinski definition) is 0. The number of carbonyl (C=O) groups is 1. The molecule has 1 aromatic carbocycles. The molecule has 0 aliphatic heterocycles. The predicted octanol–water partition coefficient (Wildman–Crippen LogP) is 3.61. The molecule has 1 aliphatic carbocycles. The summed E-state index contributed by atoms with van der Waals surface area (Å²) in [5.74, 6) is 0. The zero-order valence-corrected chi connectivity index (χ0v) is 10.9. The van der Waals surface area contributed by atoms with Crippen molar-refractivity contribution in [2.24, 2.45) is 0 Å². The summed E-state index contributed by atoms with van der Waals surface area (Å²) in [6, 6.07) is 8.04. The van der Waals surface area contributed by atoms with E-state index < -0.39 is 6.10 Å². The molecule has 0 bridgehead atoms. The Kier molecular flexibility index (Phi) is 4.63. The van der Waals surface area contributed by atoms with Crippen molar-refractivity contribution in [2.45, 2.75) is 42.8 Å². The quantitative estimate of drug-likeness (QED) is 0.590. The maximum Gasteiger partial charge on any atom is 0.153 e. The summed E-state index contributed by atoms with van der Waals surface area (Å²) < 4.78 is 5.85. The molecular formula is C14H18O2S. The molecule has 1 fully saturated rings. The largest absolute Gasteiger partial charge is 0.363 e. The van der Waals surface area contributed by atoms with Crippen molar-refractivity contribution in [2.75, 3.05) is 6.26 Å². The molecule has 92 valence electrons. The van der Waals surface area contributed by atoms with Gasteiger partial charge in [0.15, 0.2) is 6.29 Å². The summed E-state index contributed by atoms with van der Waals surface area (Å²) in [6.07, 6.45) is 7.46. The first-order chi connectivity index (χ1) is 8.33. The second kappa shape index (κ2) is 6.22. The van der Waals surface area contributed by atoms with Crippen molar-refractivity contribution >= 4 is 18.0 Å². The van der Waals surface area contributed by atoms with Crippen LogP contribution in [0.5, 0.6) is 0 Å². The SMILES string of the molecule is CSc1ccc(C(C=O)OC2CCCC2)cc1. The van der Waals surface area contributed by atoms with Gasteiger partial charge in [0.25, 0.3) is 0 Å². The van der Waals surface area contributed by atoms with Gasteiger partial charge in [0.05, 0.1) is 6.10 Å². The van der Waals surface area contributed by atoms with Crippen LogP contribution in [-0.2, 0) is 9.53 Å². The number of ether oxygens (including phenoxy) is 1. The average molecular weight is 250 g/mol. The van der Waals surface area contributed by atoms with Crippen LogP contribution in [0.15, 0.2) is 29.2 Å². The van der Waals surface area contributed by atoms with Gasteiger partial charge in [-0.15, -0.1) is 11.8 Å². The van der Waals surface area contributed by atoms with E-state index in [9.17, 15) is 4.79 Å². The highest BCUT2D eigenvalue weighted by molar-refractivity contribution is 7.98. The molecule has 0 N–H and O–H groups in total. The Balaban J connectivity index is 2.02. The fourth-order valence-corrected chi connectivity index (χ4v) is 2.62. The Morgan fingerprint density at radius 2 is 1.94 bits per heavy atom. The Morgan fingerprint density at radius 3 is 2.47 bits per heavy atom. The van der Waals surface area contributed by atoms with E-state index in [0.717, 1.165) is 24.7 Å². The molecule has 0 spiro atoms. The third kappa shape index (κ3) is 3.33. The third-order valence-corrected chi connectivity index (χ3v) is 3.95. The van der Waals surface area contributed by atoms with Gasteiger partial charge in [0.2, 0.25) is 0 Å². The molecule has 1 atom stereocenters. The minimum absolute atomic E-state index is 0.269. The average Bonchev–Trinajstić information content (AvgIpc) is 2.89. The van der Waals surface area contributed by atoms with E-state index in [1.165, 1.54) is 17.7 Å². The molecule has 2 nitrogen and oxygen atoms in total. The van der Waals surface area contributed by atoms with Gasteiger partial charge in [-0.1, -0.05) is 25.0 Å². The van der Waals surface area contributed by atoms with Crippen LogP contribution < -0.4 is 0 Å². The second-order valence-electron chi connectivity index (χ2n) is 4.37. The maximum atomic E-state index is 11.1. The Labute approximate surface area is 107 Å². The second-order valence-corrected chi connectivity index (χ2v) is 5.25. The van der Waals surface area contributed by atoms with Gasteiger partial charge in [-0.3, -0.25) is 0 Å². The van der Waals surface area contributed by atoms with E-state index in [1.54, 1.807) is 11.8 Å². The Hall–Kier alpha value is -0.800.